The van der Waals surface area contributed by atoms with Gasteiger partial charge in [-0.1, -0.05) is 13.3 Å². The van der Waals surface area contributed by atoms with E-state index in [1.807, 2.05) is 0 Å². The molecule has 0 aromatic rings. The highest BCUT2D eigenvalue weighted by molar-refractivity contribution is 7.87. The van der Waals surface area contributed by atoms with Crippen LogP contribution in [0.2, 0.25) is 0 Å². The maximum atomic E-state index is 11.8. The molecule has 5 nitrogen and oxygen atoms in total. The first-order valence-electron chi connectivity index (χ1n) is 3.84. The highest BCUT2D eigenvalue weighted by atomic mass is 32.2. The van der Waals surface area contributed by atoms with Crippen LogP contribution in [0.3, 0.4) is 0 Å². The fourth-order valence-corrected chi connectivity index (χ4v) is 1.28. The molecule has 1 atom stereocenters. The van der Waals surface area contributed by atoms with E-state index in [1.165, 1.54) is 6.92 Å². The molecule has 0 spiro atoms. The number of hydrogen-bond acceptors (Lipinski definition) is 4. The van der Waals surface area contributed by atoms with Crippen molar-refractivity contribution in [2.75, 3.05) is 0 Å². The second-order valence-electron chi connectivity index (χ2n) is 2.61. The Hall–Kier alpha value is -0.830. The summed E-state index contributed by atoms with van der Waals surface area (Å²) in [6.07, 6.45) is -2.13. The van der Waals surface area contributed by atoms with Gasteiger partial charge in [-0.05, 0) is 6.42 Å². The third kappa shape index (κ3) is 4.04. The molecule has 0 aliphatic heterocycles. The van der Waals surface area contributed by atoms with Gasteiger partial charge in [0.15, 0.2) is 6.10 Å². The van der Waals surface area contributed by atoms with E-state index in [0.29, 0.717) is 0 Å². The molecule has 0 bridgehead atoms. The topological polar surface area (TPSA) is 80.7 Å². The fourth-order valence-electron chi connectivity index (χ4n) is 0.682. The van der Waals surface area contributed by atoms with E-state index in [1.54, 1.807) is 0 Å². The van der Waals surface area contributed by atoms with Crippen molar-refractivity contribution >= 4 is 16.1 Å². The smallest absolute Gasteiger partial charge is 0.479 e. The lowest BCUT2D eigenvalue weighted by Crippen LogP contribution is -2.34. The Morgan fingerprint density at radius 1 is 1.47 bits per heavy atom. The number of carboxylic acids is 1. The standard InChI is InChI=1S/C6H9F3O5S/c1-2-3-4(5(10)11)14-15(12,13)6(7,8)9/h4H,2-3H2,1H3,(H,10,11)/t4-/m1/s1. The summed E-state index contributed by atoms with van der Waals surface area (Å²) in [6, 6.07) is 0. The van der Waals surface area contributed by atoms with Crippen molar-refractivity contribution in [1.82, 2.24) is 0 Å². The van der Waals surface area contributed by atoms with Crippen molar-refractivity contribution in [2.24, 2.45) is 0 Å². The summed E-state index contributed by atoms with van der Waals surface area (Å²) < 4.78 is 59.8. The predicted octanol–water partition coefficient (Wildman–Crippen LogP) is 1.11. The van der Waals surface area contributed by atoms with E-state index in [-0.39, 0.29) is 12.8 Å². The summed E-state index contributed by atoms with van der Waals surface area (Å²) in [5, 5.41) is 8.38. The van der Waals surface area contributed by atoms with Gasteiger partial charge in [-0.25, -0.2) is 8.98 Å². The fraction of sp³-hybridized carbons (Fsp3) is 0.833. The summed E-state index contributed by atoms with van der Waals surface area (Å²) in [6.45, 7) is 1.49. The van der Waals surface area contributed by atoms with E-state index in [4.69, 9.17) is 5.11 Å². The van der Waals surface area contributed by atoms with Gasteiger partial charge in [0.25, 0.3) is 0 Å². The van der Waals surface area contributed by atoms with Crippen LogP contribution in [-0.2, 0) is 19.1 Å². The Morgan fingerprint density at radius 2 is 1.93 bits per heavy atom. The van der Waals surface area contributed by atoms with Crippen LogP contribution >= 0.6 is 0 Å². The molecule has 0 amide bonds. The quantitative estimate of drug-likeness (QED) is 0.583. The molecular formula is C6H9F3O5S. The first-order chi connectivity index (χ1) is 6.62. The van der Waals surface area contributed by atoms with Crippen LogP contribution in [-0.4, -0.2) is 31.1 Å². The SMILES string of the molecule is CCC[C@@H](OS(=O)(=O)C(F)(F)F)C(=O)O. The van der Waals surface area contributed by atoms with Crippen molar-refractivity contribution in [3.05, 3.63) is 0 Å². The van der Waals surface area contributed by atoms with E-state index < -0.39 is 27.7 Å². The first-order valence-corrected chi connectivity index (χ1v) is 5.25. The zero-order chi connectivity index (χ0) is 12.3. The third-order valence-electron chi connectivity index (χ3n) is 1.35. The van der Waals surface area contributed by atoms with Crippen molar-refractivity contribution in [1.29, 1.82) is 0 Å². The van der Waals surface area contributed by atoms with E-state index in [2.05, 4.69) is 4.18 Å². The molecule has 0 radical (unpaired) electrons. The molecule has 0 rings (SSSR count). The largest absolute Gasteiger partial charge is 0.523 e. The van der Waals surface area contributed by atoms with E-state index in [0.717, 1.165) is 0 Å². The predicted molar refractivity (Wildman–Crippen MR) is 42.4 cm³/mol. The molecule has 0 saturated heterocycles. The van der Waals surface area contributed by atoms with Crippen molar-refractivity contribution in [3.63, 3.8) is 0 Å². The summed E-state index contributed by atoms with van der Waals surface area (Å²) in [4.78, 5) is 10.3. The number of halogens is 3. The van der Waals surface area contributed by atoms with Crippen LogP contribution in [0.1, 0.15) is 19.8 Å². The lowest BCUT2D eigenvalue weighted by atomic mass is 10.2. The van der Waals surface area contributed by atoms with Crippen molar-refractivity contribution in [2.45, 2.75) is 31.4 Å². The van der Waals surface area contributed by atoms with Crippen LogP contribution in [0, 0.1) is 0 Å². The molecule has 0 unspecified atom stereocenters. The number of carbonyl (C=O) groups is 1. The van der Waals surface area contributed by atoms with Crippen LogP contribution < -0.4 is 0 Å². The number of rotatable bonds is 5. The maximum Gasteiger partial charge on any atom is 0.523 e. The molecule has 0 aliphatic rings. The lowest BCUT2D eigenvalue weighted by Gasteiger charge is -2.13. The van der Waals surface area contributed by atoms with Gasteiger partial charge in [0.2, 0.25) is 0 Å². The van der Waals surface area contributed by atoms with Gasteiger partial charge in [0.1, 0.15) is 0 Å². The zero-order valence-electron chi connectivity index (χ0n) is 7.61. The minimum Gasteiger partial charge on any atom is -0.479 e. The molecule has 0 aromatic carbocycles. The first kappa shape index (κ1) is 14.2. The Kier molecular flexibility index (Phi) is 4.53. The van der Waals surface area contributed by atoms with Crippen molar-refractivity contribution in [3.8, 4) is 0 Å². The van der Waals surface area contributed by atoms with Crippen molar-refractivity contribution < 1.29 is 35.7 Å². The molecule has 0 saturated carbocycles. The number of aliphatic carboxylic acids is 1. The van der Waals surface area contributed by atoms with E-state index >= 15 is 0 Å². The molecule has 0 aromatic heterocycles. The van der Waals surface area contributed by atoms with Gasteiger partial charge >= 0.3 is 21.6 Å². The number of carboxylic acid groups (broad SMARTS) is 1. The summed E-state index contributed by atoms with van der Waals surface area (Å²) in [5.74, 6) is -1.75. The minimum atomic E-state index is -5.84. The Balaban J connectivity index is 4.76. The third-order valence-corrected chi connectivity index (χ3v) is 2.41. The molecule has 1 N–H and O–H groups in total. The minimum absolute atomic E-state index is 0.185. The lowest BCUT2D eigenvalue weighted by molar-refractivity contribution is -0.146. The number of alkyl halides is 3. The summed E-state index contributed by atoms with van der Waals surface area (Å²) >= 11 is 0. The van der Waals surface area contributed by atoms with Crippen LogP contribution in [0.15, 0.2) is 0 Å². The van der Waals surface area contributed by atoms with E-state index in [9.17, 15) is 26.4 Å². The summed E-state index contributed by atoms with van der Waals surface area (Å²) in [7, 11) is -5.84. The van der Waals surface area contributed by atoms with Gasteiger partial charge in [-0.15, -0.1) is 0 Å². The molecule has 15 heavy (non-hydrogen) atoms. The summed E-state index contributed by atoms with van der Waals surface area (Å²) in [5.41, 5.74) is -5.60. The van der Waals surface area contributed by atoms with Gasteiger partial charge in [0.05, 0.1) is 0 Å². The number of hydrogen-bond donors (Lipinski definition) is 1. The second-order valence-corrected chi connectivity index (χ2v) is 4.18. The highest BCUT2D eigenvalue weighted by Crippen LogP contribution is 2.26. The molecule has 0 heterocycles. The molecule has 9 heteroatoms. The van der Waals surface area contributed by atoms with Crippen LogP contribution in [0.25, 0.3) is 0 Å². The maximum absolute atomic E-state index is 11.8. The Labute approximate surface area is 84.0 Å². The van der Waals surface area contributed by atoms with Gasteiger partial charge in [0, 0.05) is 0 Å². The zero-order valence-corrected chi connectivity index (χ0v) is 8.43. The van der Waals surface area contributed by atoms with Crippen LogP contribution in [0.4, 0.5) is 13.2 Å². The molecule has 0 aliphatic carbocycles. The van der Waals surface area contributed by atoms with Gasteiger partial charge < -0.3 is 5.11 Å². The second kappa shape index (κ2) is 4.79. The monoisotopic (exact) mass is 250 g/mol. The molecule has 90 valence electrons. The average Bonchev–Trinajstić information content (AvgIpc) is 2.00. The normalized spacial score (nSPS) is 14.9. The Morgan fingerprint density at radius 3 is 2.20 bits per heavy atom. The van der Waals surface area contributed by atoms with Crippen LogP contribution in [0.5, 0.6) is 0 Å². The average molecular weight is 250 g/mol. The molecule has 0 fully saturated rings. The Bertz CT molecular complexity index is 320. The highest BCUT2D eigenvalue weighted by Gasteiger charge is 2.49. The molecular weight excluding hydrogens is 241 g/mol. The van der Waals surface area contributed by atoms with Gasteiger partial charge in [-0.3, -0.25) is 0 Å². The van der Waals surface area contributed by atoms with Gasteiger partial charge in [-0.2, -0.15) is 21.6 Å².